The smallest absolute Gasteiger partial charge is 0.255 e. The van der Waals surface area contributed by atoms with Gasteiger partial charge in [0.15, 0.2) is 5.82 Å². The van der Waals surface area contributed by atoms with Gasteiger partial charge in [-0.2, -0.15) is 0 Å². The molecule has 0 aliphatic carbocycles. The fourth-order valence-electron chi connectivity index (χ4n) is 2.05. The molecule has 2 rings (SSSR count). The lowest BCUT2D eigenvalue weighted by Gasteiger charge is -2.11. The molecular formula is C15H18N4O. The van der Waals surface area contributed by atoms with Gasteiger partial charge in [-0.15, -0.1) is 0 Å². The van der Waals surface area contributed by atoms with E-state index in [1.807, 2.05) is 18.2 Å². The van der Waals surface area contributed by atoms with E-state index in [-0.39, 0.29) is 5.91 Å². The zero-order valence-corrected chi connectivity index (χ0v) is 11.4. The Morgan fingerprint density at radius 2 is 1.95 bits per heavy atom. The van der Waals surface area contributed by atoms with E-state index in [0.29, 0.717) is 17.9 Å². The van der Waals surface area contributed by atoms with Crippen molar-refractivity contribution in [2.45, 2.75) is 19.9 Å². The van der Waals surface area contributed by atoms with Crippen LogP contribution in [0.4, 0.5) is 5.82 Å². The Labute approximate surface area is 118 Å². The molecule has 1 heterocycles. The number of aryl methyl sites for hydroxylation is 1. The Morgan fingerprint density at radius 1 is 1.20 bits per heavy atom. The number of pyridine rings is 1. The number of aromatic nitrogens is 1. The minimum Gasteiger partial charge on any atom is -0.348 e. The predicted molar refractivity (Wildman–Crippen MR) is 79.0 cm³/mol. The Morgan fingerprint density at radius 3 is 2.65 bits per heavy atom. The number of carbonyl (C=O) groups is 1. The average Bonchev–Trinajstić information content (AvgIpc) is 2.52. The Balaban J connectivity index is 2.09. The minimum absolute atomic E-state index is 0.197. The zero-order valence-electron chi connectivity index (χ0n) is 11.4. The molecule has 0 bridgehead atoms. The van der Waals surface area contributed by atoms with E-state index in [9.17, 15) is 4.79 Å². The molecule has 0 unspecified atom stereocenters. The molecule has 0 fully saturated rings. The van der Waals surface area contributed by atoms with Crippen LogP contribution in [0.1, 0.15) is 28.4 Å². The van der Waals surface area contributed by atoms with Crippen LogP contribution < -0.4 is 16.6 Å². The van der Waals surface area contributed by atoms with Crippen molar-refractivity contribution in [3.8, 4) is 0 Å². The van der Waals surface area contributed by atoms with E-state index < -0.39 is 0 Å². The third-order valence-electron chi connectivity index (χ3n) is 3.13. The number of nitrogen functional groups attached to an aromatic ring is 1. The first kappa shape index (κ1) is 14.0. The number of hydrazine groups is 1. The SMILES string of the molecule is CCc1ccccc1CNC(=O)c1cccnc1NN. The summed E-state index contributed by atoms with van der Waals surface area (Å²) in [5.74, 6) is 5.52. The van der Waals surface area contributed by atoms with Crippen LogP contribution in [-0.2, 0) is 13.0 Å². The highest BCUT2D eigenvalue weighted by Gasteiger charge is 2.11. The van der Waals surface area contributed by atoms with Crippen molar-refractivity contribution in [1.29, 1.82) is 0 Å². The van der Waals surface area contributed by atoms with Crippen molar-refractivity contribution in [1.82, 2.24) is 10.3 Å². The van der Waals surface area contributed by atoms with Gasteiger partial charge in [0, 0.05) is 12.7 Å². The second-order valence-corrected chi connectivity index (χ2v) is 4.35. The Bertz CT molecular complexity index is 598. The van der Waals surface area contributed by atoms with Crippen LogP contribution in [0.2, 0.25) is 0 Å². The highest BCUT2D eigenvalue weighted by molar-refractivity contribution is 5.98. The van der Waals surface area contributed by atoms with E-state index in [2.05, 4.69) is 28.7 Å². The van der Waals surface area contributed by atoms with Crippen molar-refractivity contribution in [2.75, 3.05) is 5.43 Å². The Hall–Kier alpha value is -2.40. The molecule has 0 atom stereocenters. The highest BCUT2D eigenvalue weighted by atomic mass is 16.1. The highest BCUT2D eigenvalue weighted by Crippen LogP contribution is 2.12. The minimum atomic E-state index is -0.197. The molecule has 0 aliphatic heterocycles. The lowest BCUT2D eigenvalue weighted by molar-refractivity contribution is 0.0951. The predicted octanol–water partition coefficient (Wildman–Crippen LogP) is 1.86. The molecule has 0 radical (unpaired) electrons. The van der Waals surface area contributed by atoms with Crippen LogP contribution in [0.5, 0.6) is 0 Å². The van der Waals surface area contributed by atoms with Crippen LogP contribution in [0.3, 0.4) is 0 Å². The van der Waals surface area contributed by atoms with Gasteiger partial charge in [-0.05, 0) is 29.7 Å². The summed E-state index contributed by atoms with van der Waals surface area (Å²) in [5.41, 5.74) is 5.21. The third kappa shape index (κ3) is 3.13. The first-order chi connectivity index (χ1) is 9.76. The van der Waals surface area contributed by atoms with E-state index >= 15 is 0 Å². The third-order valence-corrected chi connectivity index (χ3v) is 3.13. The molecule has 0 saturated heterocycles. The number of hydrogen-bond acceptors (Lipinski definition) is 4. The fraction of sp³-hybridized carbons (Fsp3) is 0.200. The standard InChI is InChI=1S/C15H18N4O/c1-2-11-6-3-4-7-12(11)10-18-15(20)13-8-5-9-17-14(13)19-16/h3-9H,2,10,16H2,1H3,(H,17,19)(H,18,20). The maximum atomic E-state index is 12.2. The van der Waals surface area contributed by atoms with Crippen LogP contribution in [0.15, 0.2) is 42.6 Å². The quantitative estimate of drug-likeness (QED) is 0.572. The van der Waals surface area contributed by atoms with Gasteiger partial charge in [0.05, 0.1) is 5.56 Å². The summed E-state index contributed by atoms with van der Waals surface area (Å²) in [6.45, 7) is 2.58. The molecule has 5 nitrogen and oxygen atoms in total. The lowest BCUT2D eigenvalue weighted by atomic mass is 10.1. The molecule has 0 spiro atoms. The molecule has 5 heteroatoms. The number of anilines is 1. The maximum Gasteiger partial charge on any atom is 0.255 e. The van der Waals surface area contributed by atoms with Crippen molar-refractivity contribution in [3.05, 3.63) is 59.3 Å². The Kier molecular flexibility index (Phi) is 4.68. The molecule has 104 valence electrons. The van der Waals surface area contributed by atoms with Gasteiger partial charge in [-0.3, -0.25) is 4.79 Å². The van der Waals surface area contributed by atoms with Crippen molar-refractivity contribution in [3.63, 3.8) is 0 Å². The molecule has 20 heavy (non-hydrogen) atoms. The number of nitrogens with one attached hydrogen (secondary N) is 2. The van der Waals surface area contributed by atoms with Crippen molar-refractivity contribution >= 4 is 11.7 Å². The van der Waals surface area contributed by atoms with Crippen LogP contribution >= 0.6 is 0 Å². The number of rotatable bonds is 5. The maximum absolute atomic E-state index is 12.2. The van der Waals surface area contributed by atoms with Crippen LogP contribution in [-0.4, -0.2) is 10.9 Å². The molecule has 0 saturated carbocycles. The number of hydrogen-bond donors (Lipinski definition) is 3. The van der Waals surface area contributed by atoms with Gasteiger partial charge in [0.25, 0.3) is 5.91 Å². The molecule has 2 aromatic rings. The summed E-state index contributed by atoms with van der Waals surface area (Å²) in [5, 5.41) is 2.89. The van der Waals surface area contributed by atoms with E-state index in [4.69, 9.17) is 5.84 Å². The monoisotopic (exact) mass is 270 g/mol. The number of amides is 1. The normalized spacial score (nSPS) is 10.1. The van der Waals surface area contributed by atoms with E-state index in [1.165, 1.54) is 5.56 Å². The van der Waals surface area contributed by atoms with Crippen molar-refractivity contribution < 1.29 is 4.79 Å². The first-order valence-electron chi connectivity index (χ1n) is 6.53. The molecule has 4 N–H and O–H groups in total. The van der Waals surface area contributed by atoms with Gasteiger partial charge in [0.2, 0.25) is 0 Å². The molecule has 1 amide bonds. The van der Waals surface area contributed by atoms with E-state index in [1.54, 1.807) is 18.3 Å². The van der Waals surface area contributed by atoms with Crippen molar-refractivity contribution in [2.24, 2.45) is 5.84 Å². The topological polar surface area (TPSA) is 80.0 Å². The summed E-state index contributed by atoms with van der Waals surface area (Å²) < 4.78 is 0. The number of nitrogens with zero attached hydrogens (tertiary/aromatic N) is 1. The summed E-state index contributed by atoms with van der Waals surface area (Å²) in [6, 6.07) is 11.4. The first-order valence-corrected chi connectivity index (χ1v) is 6.53. The van der Waals surface area contributed by atoms with E-state index in [0.717, 1.165) is 12.0 Å². The molecule has 1 aromatic heterocycles. The number of nitrogens with two attached hydrogens (primary N) is 1. The van der Waals surface area contributed by atoms with Crippen LogP contribution in [0.25, 0.3) is 0 Å². The molecular weight excluding hydrogens is 252 g/mol. The van der Waals surface area contributed by atoms with Crippen LogP contribution in [0, 0.1) is 0 Å². The molecule has 0 aliphatic rings. The van der Waals surface area contributed by atoms with Gasteiger partial charge in [0.1, 0.15) is 0 Å². The lowest BCUT2D eigenvalue weighted by Crippen LogP contribution is -2.25. The number of carbonyl (C=O) groups excluding carboxylic acids is 1. The fourth-order valence-corrected chi connectivity index (χ4v) is 2.05. The second kappa shape index (κ2) is 6.68. The summed E-state index contributed by atoms with van der Waals surface area (Å²) in [4.78, 5) is 16.2. The van der Waals surface area contributed by atoms with Gasteiger partial charge < -0.3 is 10.7 Å². The largest absolute Gasteiger partial charge is 0.348 e. The summed E-state index contributed by atoms with van der Waals surface area (Å²) >= 11 is 0. The second-order valence-electron chi connectivity index (χ2n) is 4.35. The number of benzene rings is 1. The van der Waals surface area contributed by atoms with Gasteiger partial charge in [-0.1, -0.05) is 31.2 Å². The average molecular weight is 270 g/mol. The summed E-state index contributed by atoms with van der Waals surface area (Å²) in [7, 11) is 0. The summed E-state index contributed by atoms with van der Waals surface area (Å²) in [6.07, 6.45) is 2.52. The molecule has 1 aromatic carbocycles. The van der Waals surface area contributed by atoms with Gasteiger partial charge >= 0.3 is 0 Å². The van der Waals surface area contributed by atoms with Gasteiger partial charge in [-0.25, -0.2) is 10.8 Å². The zero-order chi connectivity index (χ0) is 14.4.